The SMILES string of the molecule is CCC(C)[C@H](NC(=O)[C@@H](N)CNC(=O)/C=C/C(N)=O)C(=O)O. The summed E-state index contributed by atoms with van der Waals surface area (Å²) in [5.41, 5.74) is 10.4. The van der Waals surface area contributed by atoms with Crippen molar-refractivity contribution in [3.63, 3.8) is 0 Å². The van der Waals surface area contributed by atoms with Crippen molar-refractivity contribution in [1.29, 1.82) is 0 Å². The van der Waals surface area contributed by atoms with Gasteiger partial charge < -0.3 is 27.2 Å². The van der Waals surface area contributed by atoms with Crippen LogP contribution >= 0.6 is 0 Å². The summed E-state index contributed by atoms with van der Waals surface area (Å²) in [5, 5.41) is 13.7. The molecule has 0 aliphatic carbocycles. The molecule has 0 saturated heterocycles. The molecule has 9 nitrogen and oxygen atoms in total. The normalized spacial score (nSPS) is 14.9. The fraction of sp³-hybridized carbons (Fsp3) is 0.538. The number of carbonyl (C=O) groups excluding carboxylic acids is 3. The lowest BCUT2D eigenvalue weighted by atomic mass is 9.99. The molecular weight excluding hydrogens is 292 g/mol. The monoisotopic (exact) mass is 314 g/mol. The minimum Gasteiger partial charge on any atom is -0.480 e. The third kappa shape index (κ3) is 7.39. The van der Waals surface area contributed by atoms with Gasteiger partial charge in [-0.05, 0) is 5.92 Å². The first-order chi connectivity index (χ1) is 10.2. The molecule has 9 heteroatoms. The molecule has 22 heavy (non-hydrogen) atoms. The topological polar surface area (TPSA) is 165 Å². The Labute approximate surface area is 128 Å². The highest BCUT2D eigenvalue weighted by atomic mass is 16.4. The van der Waals surface area contributed by atoms with Gasteiger partial charge in [-0.25, -0.2) is 4.79 Å². The fourth-order valence-corrected chi connectivity index (χ4v) is 1.46. The number of primary amides is 1. The van der Waals surface area contributed by atoms with E-state index in [1.807, 2.05) is 0 Å². The maximum atomic E-state index is 11.8. The van der Waals surface area contributed by atoms with E-state index in [0.29, 0.717) is 6.42 Å². The molecular formula is C13H22N4O5. The Kier molecular flexibility index (Phi) is 8.46. The third-order valence-corrected chi connectivity index (χ3v) is 3.01. The molecule has 0 aliphatic heterocycles. The van der Waals surface area contributed by atoms with Crippen molar-refractivity contribution < 1.29 is 24.3 Å². The molecule has 0 aromatic heterocycles. The van der Waals surface area contributed by atoms with Crippen LogP contribution in [0, 0.1) is 5.92 Å². The standard InChI is InChI=1S/C13H22N4O5/c1-3-7(2)11(13(21)22)17-12(20)8(14)6-16-10(19)5-4-9(15)18/h4-5,7-8,11H,3,6,14H2,1-2H3,(H2,15,18)(H,16,19)(H,17,20)(H,21,22)/b5-4+/t7?,8-,11-/m0/s1. The van der Waals surface area contributed by atoms with Crippen LogP contribution in [0.5, 0.6) is 0 Å². The molecule has 0 heterocycles. The first kappa shape index (κ1) is 19.6. The molecule has 0 aromatic carbocycles. The van der Waals surface area contributed by atoms with Crippen LogP contribution in [0.3, 0.4) is 0 Å². The summed E-state index contributed by atoms with van der Waals surface area (Å²) >= 11 is 0. The van der Waals surface area contributed by atoms with Gasteiger partial charge in [0.2, 0.25) is 17.7 Å². The molecule has 0 spiro atoms. The largest absolute Gasteiger partial charge is 0.480 e. The number of hydrogen-bond donors (Lipinski definition) is 5. The number of amides is 3. The second kappa shape index (κ2) is 9.50. The lowest BCUT2D eigenvalue weighted by Crippen LogP contribution is -2.54. The number of carboxylic acids is 1. The molecule has 0 saturated carbocycles. The maximum absolute atomic E-state index is 11.8. The molecule has 1 unspecified atom stereocenters. The summed E-state index contributed by atoms with van der Waals surface area (Å²) in [5.74, 6) is -3.52. The van der Waals surface area contributed by atoms with E-state index in [9.17, 15) is 19.2 Å². The molecule has 3 amide bonds. The number of nitrogens with one attached hydrogen (secondary N) is 2. The van der Waals surface area contributed by atoms with Crippen molar-refractivity contribution in [2.45, 2.75) is 32.4 Å². The van der Waals surface area contributed by atoms with E-state index in [1.165, 1.54) is 0 Å². The van der Waals surface area contributed by atoms with Crippen molar-refractivity contribution >= 4 is 23.7 Å². The summed E-state index contributed by atoms with van der Waals surface area (Å²) in [6.45, 7) is 3.29. The van der Waals surface area contributed by atoms with Gasteiger partial charge in [0, 0.05) is 18.7 Å². The summed E-state index contributed by atoms with van der Waals surface area (Å²) < 4.78 is 0. The predicted octanol–water partition coefficient (Wildman–Crippen LogP) is -1.91. The molecule has 0 bridgehead atoms. The van der Waals surface area contributed by atoms with Gasteiger partial charge in [0.15, 0.2) is 0 Å². The molecule has 0 rings (SSSR count). The van der Waals surface area contributed by atoms with Gasteiger partial charge >= 0.3 is 5.97 Å². The van der Waals surface area contributed by atoms with Crippen LogP contribution in [0.25, 0.3) is 0 Å². The molecule has 0 fully saturated rings. The Morgan fingerprint density at radius 3 is 2.27 bits per heavy atom. The Morgan fingerprint density at radius 1 is 1.23 bits per heavy atom. The highest BCUT2D eigenvalue weighted by molar-refractivity contribution is 5.96. The van der Waals surface area contributed by atoms with Crippen LogP contribution in [-0.4, -0.2) is 47.4 Å². The Morgan fingerprint density at radius 2 is 1.82 bits per heavy atom. The van der Waals surface area contributed by atoms with Crippen LogP contribution in [0.1, 0.15) is 20.3 Å². The third-order valence-electron chi connectivity index (χ3n) is 3.01. The molecule has 124 valence electrons. The first-order valence-corrected chi connectivity index (χ1v) is 6.73. The number of hydrogen-bond acceptors (Lipinski definition) is 5. The van der Waals surface area contributed by atoms with E-state index in [4.69, 9.17) is 16.6 Å². The van der Waals surface area contributed by atoms with E-state index >= 15 is 0 Å². The predicted molar refractivity (Wildman–Crippen MR) is 78.3 cm³/mol. The summed E-state index contributed by atoms with van der Waals surface area (Å²) in [6, 6.07) is -2.16. The molecule has 7 N–H and O–H groups in total. The smallest absolute Gasteiger partial charge is 0.326 e. The number of carboxylic acid groups (broad SMARTS) is 1. The van der Waals surface area contributed by atoms with Crippen LogP contribution in [0.2, 0.25) is 0 Å². The average Bonchev–Trinajstić information content (AvgIpc) is 2.46. The van der Waals surface area contributed by atoms with Crippen LogP contribution in [-0.2, 0) is 19.2 Å². The van der Waals surface area contributed by atoms with Crippen molar-refractivity contribution in [3.05, 3.63) is 12.2 Å². The highest BCUT2D eigenvalue weighted by Gasteiger charge is 2.27. The molecule has 0 aromatic rings. The lowest BCUT2D eigenvalue weighted by molar-refractivity contribution is -0.143. The zero-order chi connectivity index (χ0) is 17.3. The van der Waals surface area contributed by atoms with E-state index in [0.717, 1.165) is 12.2 Å². The molecule has 3 atom stereocenters. The van der Waals surface area contributed by atoms with Crippen molar-refractivity contribution in [2.24, 2.45) is 17.4 Å². The average molecular weight is 314 g/mol. The van der Waals surface area contributed by atoms with Gasteiger partial charge in [0.25, 0.3) is 0 Å². The zero-order valence-electron chi connectivity index (χ0n) is 12.5. The second-order valence-electron chi connectivity index (χ2n) is 4.80. The van der Waals surface area contributed by atoms with Gasteiger partial charge in [0.05, 0.1) is 0 Å². The summed E-state index contributed by atoms with van der Waals surface area (Å²) in [4.78, 5) is 44.6. The minimum absolute atomic E-state index is 0.208. The van der Waals surface area contributed by atoms with Gasteiger partial charge in [-0.15, -0.1) is 0 Å². The number of rotatable bonds is 9. The zero-order valence-corrected chi connectivity index (χ0v) is 12.5. The first-order valence-electron chi connectivity index (χ1n) is 6.73. The highest BCUT2D eigenvalue weighted by Crippen LogP contribution is 2.07. The van der Waals surface area contributed by atoms with Crippen LogP contribution < -0.4 is 22.1 Å². The summed E-state index contributed by atoms with van der Waals surface area (Å²) in [7, 11) is 0. The quantitative estimate of drug-likeness (QED) is 0.311. The van der Waals surface area contributed by atoms with Gasteiger partial charge in [-0.1, -0.05) is 20.3 Å². The van der Waals surface area contributed by atoms with E-state index in [-0.39, 0.29) is 12.5 Å². The van der Waals surface area contributed by atoms with Crippen molar-refractivity contribution in [2.75, 3.05) is 6.54 Å². The second-order valence-corrected chi connectivity index (χ2v) is 4.80. The lowest BCUT2D eigenvalue weighted by Gasteiger charge is -2.22. The van der Waals surface area contributed by atoms with E-state index in [1.54, 1.807) is 13.8 Å². The van der Waals surface area contributed by atoms with Crippen molar-refractivity contribution in [1.82, 2.24) is 10.6 Å². The molecule has 0 radical (unpaired) electrons. The number of aliphatic carboxylic acids is 1. The minimum atomic E-state index is -1.15. The Hall–Kier alpha value is -2.42. The van der Waals surface area contributed by atoms with Crippen LogP contribution in [0.15, 0.2) is 12.2 Å². The summed E-state index contributed by atoms with van der Waals surface area (Å²) in [6.07, 6.45) is 2.34. The Bertz CT molecular complexity index is 463. The van der Waals surface area contributed by atoms with E-state index in [2.05, 4.69) is 10.6 Å². The Balaban J connectivity index is 4.45. The fourth-order valence-electron chi connectivity index (χ4n) is 1.46. The van der Waals surface area contributed by atoms with Crippen molar-refractivity contribution in [3.8, 4) is 0 Å². The van der Waals surface area contributed by atoms with Crippen LogP contribution in [0.4, 0.5) is 0 Å². The van der Waals surface area contributed by atoms with E-state index < -0.39 is 35.8 Å². The van der Waals surface area contributed by atoms with Gasteiger partial charge in [-0.3, -0.25) is 14.4 Å². The number of carbonyl (C=O) groups is 4. The van der Waals surface area contributed by atoms with Gasteiger partial charge in [0.1, 0.15) is 12.1 Å². The molecule has 0 aliphatic rings. The van der Waals surface area contributed by atoms with Gasteiger partial charge in [-0.2, -0.15) is 0 Å². The number of nitrogens with two attached hydrogens (primary N) is 2. The maximum Gasteiger partial charge on any atom is 0.326 e.